The molecule has 0 bridgehead atoms. The van der Waals surface area contributed by atoms with Crippen LogP contribution >= 0.6 is 0 Å². The van der Waals surface area contributed by atoms with E-state index in [0.717, 1.165) is 32.1 Å². The zero-order chi connectivity index (χ0) is 28.1. The normalized spacial score (nSPS) is 17.4. The van der Waals surface area contributed by atoms with Crippen LogP contribution in [0.5, 0.6) is 17.2 Å². The number of fused-ring (bicyclic) bond motifs is 1. The lowest BCUT2D eigenvalue weighted by Gasteiger charge is -2.36. The summed E-state index contributed by atoms with van der Waals surface area (Å²) < 4.78 is 11.9. The summed E-state index contributed by atoms with van der Waals surface area (Å²) in [4.78, 5) is 41.3. The first kappa shape index (κ1) is 27.1. The Bertz CT molecular complexity index is 1350. The van der Waals surface area contributed by atoms with Gasteiger partial charge in [-0.05, 0) is 66.9 Å². The van der Waals surface area contributed by atoms with Crippen LogP contribution < -0.4 is 25.0 Å². The second kappa shape index (κ2) is 12.1. The molecule has 3 N–H and O–H groups in total. The summed E-state index contributed by atoms with van der Waals surface area (Å²) in [6, 6.07) is 19.1. The number of rotatable bonds is 7. The maximum atomic E-state index is 14.3. The number of ether oxygens (including phenoxy) is 2. The number of nitrogens with one attached hydrogen (secondary N) is 2. The molecular formula is C31H33N3O6. The number of hydrogen-bond acceptors (Lipinski definition) is 6. The average Bonchev–Trinajstić information content (AvgIpc) is 2.96. The molecule has 1 heterocycles. The van der Waals surface area contributed by atoms with Crippen molar-refractivity contribution in [3.63, 3.8) is 0 Å². The maximum Gasteiger partial charge on any atom is 0.272 e. The summed E-state index contributed by atoms with van der Waals surface area (Å²) in [6.07, 6.45) is 3.96. The SMILES string of the molecule is CC(=O)Nc1ccc(N(C(=O)[C@@H]2COc3ccccc3O2)[C@@H](C(=O)NC2CCCCC2)c2ccc(O)cc2)cc1. The lowest BCUT2D eigenvalue weighted by atomic mass is 9.94. The molecule has 2 atom stereocenters. The largest absolute Gasteiger partial charge is 0.508 e. The minimum atomic E-state index is -1.05. The minimum Gasteiger partial charge on any atom is -0.508 e. The quantitative estimate of drug-likeness (QED) is 0.397. The van der Waals surface area contributed by atoms with Crippen molar-refractivity contribution in [2.24, 2.45) is 0 Å². The van der Waals surface area contributed by atoms with Gasteiger partial charge in [0.05, 0.1) is 0 Å². The summed E-state index contributed by atoms with van der Waals surface area (Å²) in [6.45, 7) is 1.39. The highest BCUT2D eigenvalue weighted by Gasteiger charge is 2.39. The molecular weight excluding hydrogens is 510 g/mol. The van der Waals surface area contributed by atoms with E-state index in [0.29, 0.717) is 28.4 Å². The molecule has 1 saturated carbocycles. The first-order chi connectivity index (χ1) is 19.4. The van der Waals surface area contributed by atoms with Gasteiger partial charge in [-0.25, -0.2) is 0 Å². The van der Waals surface area contributed by atoms with Crippen LogP contribution in [0.3, 0.4) is 0 Å². The van der Waals surface area contributed by atoms with Gasteiger partial charge >= 0.3 is 0 Å². The van der Waals surface area contributed by atoms with Crippen molar-refractivity contribution in [2.45, 2.75) is 57.2 Å². The number of phenols is 1. The van der Waals surface area contributed by atoms with Gasteiger partial charge in [-0.3, -0.25) is 19.3 Å². The van der Waals surface area contributed by atoms with E-state index in [4.69, 9.17) is 9.47 Å². The summed E-state index contributed by atoms with van der Waals surface area (Å²) in [5.74, 6) is 0.0331. The standard InChI is InChI=1S/C31H33N3O6/c1-20(35)32-23-13-15-24(16-14-23)34(31(38)28-19-39-26-9-5-6-10-27(26)40-28)29(21-11-17-25(36)18-12-21)30(37)33-22-7-3-2-4-8-22/h5-6,9-18,22,28-29,36H,2-4,7-8,19H2,1H3,(H,32,35)(H,33,37)/t28-,29+/m0/s1. The van der Waals surface area contributed by atoms with E-state index in [9.17, 15) is 19.5 Å². The molecule has 3 aromatic rings. The van der Waals surface area contributed by atoms with E-state index in [1.165, 1.54) is 24.0 Å². The highest BCUT2D eigenvalue weighted by molar-refractivity contribution is 6.04. The Labute approximate surface area is 233 Å². The van der Waals surface area contributed by atoms with Gasteiger partial charge in [0.1, 0.15) is 18.4 Å². The number of anilines is 2. The fraction of sp³-hybridized carbons (Fsp3) is 0.323. The van der Waals surface area contributed by atoms with Gasteiger partial charge in [-0.2, -0.15) is 0 Å². The van der Waals surface area contributed by atoms with Crippen LogP contribution in [-0.4, -0.2) is 41.6 Å². The molecule has 0 unspecified atom stereocenters. The van der Waals surface area contributed by atoms with Gasteiger partial charge < -0.3 is 25.2 Å². The number of hydrogen-bond donors (Lipinski definition) is 3. The van der Waals surface area contributed by atoms with Gasteiger partial charge in [0.15, 0.2) is 11.5 Å². The molecule has 0 aromatic heterocycles. The Kier molecular flexibility index (Phi) is 8.19. The van der Waals surface area contributed by atoms with Crippen molar-refractivity contribution in [1.82, 2.24) is 5.32 Å². The summed E-state index contributed by atoms with van der Waals surface area (Å²) in [5, 5.41) is 15.8. The van der Waals surface area contributed by atoms with Gasteiger partial charge in [0.25, 0.3) is 5.91 Å². The molecule has 0 spiro atoms. The number of amides is 3. The van der Waals surface area contributed by atoms with E-state index in [-0.39, 0.29) is 30.2 Å². The third-order valence-electron chi connectivity index (χ3n) is 7.15. The van der Waals surface area contributed by atoms with Crippen LogP contribution in [0, 0.1) is 0 Å². The predicted octanol–water partition coefficient (Wildman–Crippen LogP) is 4.71. The molecule has 208 valence electrons. The minimum absolute atomic E-state index is 0.0149. The van der Waals surface area contributed by atoms with E-state index in [1.54, 1.807) is 54.6 Å². The molecule has 9 heteroatoms. The van der Waals surface area contributed by atoms with Crippen LogP contribution in [0.15, 0.2) is 72.8 Å². The Morgan fingerprint density at radius 1 is 0.900 bits per heavy atom. The van der Waals surface area contributed by atoms with E-state index in [2.05, 4.69) is 10.6 Å². The number of para-hydroxylation sites is 2. The topological polar surface area (TPSA) is 117 Å². The van der Waals surface area contributed by atoms with Crippen molar-refractivity contribution >= 4 is 29.1 Å². The third kappa shape index (κ3) is 6.20. The summed E-state index contributed by atoms with van der Waals surface area (Å²) in [7, 11) is 0. The number of carbonyl (C=O) groups is 3. The van der Waals surface area contributed by atoms with Crippen LogP contribution in [0.2, 0.25) is 0 Å². The van der Waals surface area contributed by atoms with E-state index >= 15 is 0 Å². The molecule has 3 amide bonds. The third-order valence-corrected chi connectivity index (χ3v) is 7.15. The second-order valence-electron chi connectivity index (χ2n) is 10.1. The number of nitrogens with zero attached hydrogens (tertiary/aromatic N) is 1. The molecule has 1 aliphatic heterocycles. The van der Waals surface area contributed by atoms with Gasteiger partial charge in [0, 0.05) is 24.3 Å². The number of aromatic hydroxyl groups is 1. The fourth-order valence-corrected chi connectivity index (χ4v) is 5.21. The van der Waals surface area contributed by atoms with E-state index in [1.807, 2.05) is 6.07 Å². The average molecular weight is 544 g/mol. The highest BCUT2D eigenvalue weighted by atomic mass is 16.6. The Balaban J connectivity index is 1.54. The fourth-order valence-electron chi connectivity index (χ4n) is 5.21. The molecule has 2 aliphatic rings. The predicted molar refractivity (Wildman–Crippen MR) is 150 cm³/mol. The first-order valence-electron chi connectivity index (χ1n) is 13.6. The van der Waals surface area contributed by atoms with Gasteiger partial charge in [-0.1, -0.05) is 43.5 Å². The van der Waals surface area contributed by atoms with Crippen LogP contribution in [0.1, 0.15) is 50.6 Å². The molecule has 0 radical (unpaired) electrons. The summed E-state index contributed by atoms with van der Waals surface area (Å²) in [5.41, 5.74) is 1.53. The van der Waals surface area contributed by atoms with Crippen molar-refractivity contribution in [2.75, 3.05) is 16.8 Å². The van der Waals surface area contributed by atoms with Crippen LogP contribution in [-0.2, 0) is 14.4 Å². The van der Waals surface area contributed by atoms with Crippen molar-refractivity contribution < 1.29 is 29.0 Å². The molecule has 40 heavy (non-hydrogen) atoms. The lowest BCUT2D eigenvalue weighted by Crippen LogP contribution is -2.52. The zero-order valence-electron chi connectivity index (χ0n) is 22.3. The van der Waals surface area contributed by atoms with Crippen LogP contribution in [0.25, 0.3) is 0 Å². The smallest absolute Gasteiger partial charge is 0.272 e. The van der Waals surface area contributed by atoms with Gasteiger partial charge in [0.2, 0.25) is 17.9 Å². The number of carbonyl (C=O) groups excluding carboxylic acids is 3. The van der Waals surface area contributed by atoms with Crippen molar-refractivity contribution in [3.8, 4) is 17.2 Å². The monoisotopic (exact) mass is 543 g/mol. The summed E-state index contributed by atoms with van der Waals surface area (Å²) >= 11 is 0. The van der Waals surface area contributed by atoms with Gasteiger partial charge in [-0.15, -0.1) is 0 Å². The van der Waals surface area contributed by atoms with Crippen LogP contribution in [0.4, 0.5) is 11.4 Å². The number of benzene rings is 3. The van der Waals surface area contributed by atoms with E-state index < -0.39 is 18.1 Å². The Morgan fingerprint density at radius 3 is 2.25 bits per heavy atom. The Hall–Kier alpha value is -4.53. The molecule has 1 fully saturated rings. The Morgan fingerprint density at radius 2 is 1.57 bits per heavy atom. The highest BCUT2D eigenvalue weighted by Crippen LogP contribution is 2.35. The molecule has 9 nitrogen and oxygen atoms in total. The molecule has 3 aromatic carbocycles. The maximum absolute atomic E-state index is 14.3. The molecule has 1 aliphatic carbocycles. The lowest BCUT2D eigenvalue weighted by molar-refractivity contribution is -0.132. The number of phenolic OH excluding ortho intramolecular Hbond substituents is 1. The zero-order valence-corrected chi connectivity index (χ0v) is 22.3. The van der Waals surface area contributed by atoms with Crippen molar-refractivity contribution in [1.29, 1.82) is 0 Å². The molecule has 5 rings (SSSR count). The second-order valence-corrected chi connectivity index (χ2v) is 10.1. The van der Waals surface area contributed by atoms with Crippen molar-refractivity contribution in [3.05, 3.63) is 78.4 Å². The molecule has 0 saturated heterocycles. The first-order valence-corrected chi connectivity index (χ1v) is 13.6.